The Morgan fingerprint density at radius 1 is 1.39 bits per heavy atom. The standard InChI is InChI=1S/C21H18FN7OS/c1-3-6-30-16-10-25-17-14(28-16)4-5-24-19(17)27-11-7-13(18(22)26-9-11)21(2)12-8-15(12)31-20(23)29-21/h1,4-5,7,9-10,12,15H,6,8H2,2H3,(H2,23,29)(H,24,27)/t12?,15?,21-/m0/s1. The van der Waals surface area contributed by atoms with Crippen LogP contribution in [0.1, 0.15) is 18.9 Å². The van der Waals surface area contributed by atoms with Crippen molar-refractivity contribution in [3.8, 4) is 18.2 Å². The second-order valence-electron chi connectivity index (χ2n) is 7.51. The molecule has 0 saturated heterocycles. The van der Waals surface area contributed by atoms with Gasteiger partial charge in [-0.2, -0.15) is 4.39 Å². The van der Waals surface area contributed by atoms with Gasteiger partial charge in [-0.25, -0.2) is 19.9 Å². The number of aromatic nitrogens is 4. The number of hydrogen-bond acceptors (Lipinski definition) is 9. The molecule has 0 aromatic carbocycles. The van der Waals surface area contributed by atoms with Gasteiger partial charge >= 0.3 is 0 Å². The first-order valence-corrected chi connectivity index (χ1v) is 10.5. The van der Waals surface area contributed by atoms with Crippen LogP contribution in [0.2, 0.25) is 0 Å². The summed E-state index contributed by atoms with van der Waals surface area (Å²) in [6.45, 7) is 2.01. The third-order valence-electron chi connectivity index (χ3n) is 5.46. The van der Waals surface area contributed by atoms with Crippen LogP contribution < -0.4 is 15.8 Å². The molecule has 10 heteroatoms. The summed E-state index contributed by atoms with van der Waals surface area (Å²) in [5.74, 6) is 2.86. The third kappa shape index (κ3) is 3.51. The van der Waals surface area contributed by atoms with E-state index in [9.17, 15) is 4.39 Å². The Balaban J connectivity index is 1.49. The average Bonchev–Trinajstić information content (AvgIpc) is 3.54. The van der Waals surface area contributed by atoms with Crippen LogP contribution in [0.5, 0.6) is 5.88 Å². The number of terminal acetylenes is 1. The Morgan fingerprint density at radius 3 is 3.10 bits per heavy atom. The molecule has 8 nitrogen and oxygen atoms in total. The lowest BCUT2D eigenvalue weighted by Gasteiger charge is -2.30. The molecule has 2 aliphatic rings. The van der Waals surface area contributed by atoms with E-state index in [4.69, 9.17) is 16.9 Å². The van der Waals surface area contributed by atoms with Crippen molar-refractivity contribution in [1.29, 1.82) is 0 Å². The normalized spacial score (nSPS) is 24.1. The van der Waals surface area contributed by atoms with Gasteiger partial charge in [0.25, 0.3) is 0 Å². The molecule has 1 aliphatic carbocycles. The van der Waals surface area contributed by atoms with Crippen LogP contribution >= 0.6 is 11.8 Å². The molecule has 5 rings (SSSR count). The summed E-state index contributed by atoms with van der Waals surface area (Å²) in [6.07, 6.45) is 10.7. The van der Waals surface area contributed by atoms with Crippen molar-refractivity contribution in [3.63, 3.8) is 0 Å². The number of nitrogens with two attached hydrogens (primary N) is 1. The largest absolute Gasteiger partial charge is 0.463 e. The van der Waals surface area contributed by atoms with Gasteiger partial charge in [0.15, 0.2) is 17.6 Å². The van der Waals surface area contributed by atoms with Crippen LogP contribution in [0.15, 0.2) is 35.7 Å². The molecule has 2 unspecified atom stereocenters. The average molecular weight is 435 g/mol. The number of anilines is 2. The van der Waals surface area contributed by atoms with Gasteiger partial charge in [0.1, 0.15) is 5.52 Å². The Morgan fingerprint density at radius 2 is 2.26 bits per heavy atom. The summed E-state index contributed by atoms with van der Waals surface area (Å²) in [4.78, 5) is 21.7. The van der Waals surface area contributed by atoms with Crippen molar-refractivity contribution >= 4 is 39.5 Å². The van der Waals surface area contributed by atoms with Gasteiger partial charge in [-0.3, -0.25) is 4.99 Å². The number of thioether (sulfide) groups is 1. The van der Waals surface area contributed by atoms with E-state index in [1.165, 1.54) is 12.4 Å². The molecule has 1 fully saturated rings. The number of fused-ring (bicyclic) bond motifs is 2. The Labute approximate surface area is 182 Å². The minimum absolute atomic E-state index is 0.104. The van der Waals surface area contributed by atoms with Crippen LogP contribution in [-0.4, -0.2) is 37.0 Å². The lowest BCUT2D eigenvalue weighted by atomic mass is 9.88. The number of nitrogens with zero attached hydrogens (tertiary/aromatic N) is 5. The first-order chi connectivity index (χ1) is 15.0. The smallest absolute Gasteiger partial charge is 0.233 e. The van der Waals surface area contributed by atoms with Crippen LogP contribution in [0, 0.1) is 24.2 Å². The van der Waals surface area contributed by atoms with Gasteiger partial charge in [-0.05, 0) is 25.5 Å². The summed E-state index contributed by atoms with van der Waals surface area (Å²) >= 11 is 1.56. The molecule has 1 aliphatic heterocycles. The van der Waals surface area contributed by atoms with E-state index in [0.717, 1.165) is 6.42 Å². The van der Waals surface area contributed by atoms with E-state index in [0.29, 0.717) is 44.4 Å². The quantitative estimate of drug-likeness (QED) is 0.465. The van der Waals surface area contributed by atoms with E-state index in [2.05, 4.69) is 36.2 Å². The molecule has 3 aromatic rings. The molecule has 3 atom stereocenters. The van der Waals surface area contributed by atoms with E-state index < -0.39 is 11.5 Å². The van der Waals surface area contributed by atoms with Gasteiger partial charge in [0, 0.05) is 22.9 Å². The molecule has 0 spiro atoms. The molecule has 0 radical (unpaired) electrons. The molecule has 0 bridgehead atoms. The predicted molar refractivity (Wildman–Crippen MR) is 118 cm³/mol. The maximum atomic E-state index is 14.7. The zero-order valence-electron chi connectivity index (χ0n) is 16.5. The van der Waals surface area contributed by atoms with Crippen LogP contribution in [0.4, 0.5) is 15.9 Å². The second-order valence-corrected chi connectivity index (χ2v) is 8.77. The minimum Gasteiger partial charge on any atom is -0.463 e. The van der Waals surface area contributed by atoms with Gasteiger partial charge in [-0.15, -0.1) is 6.42 Å². The van der Waals surface area contributed by atoms with Gasteiger partial charge in [0.05, 0.1) is 29.1 Å². The number of aliphatic imine (C=N–C) groups is 1. The molecular weight excluding hydrogens is 417 g/mol. The van der Waals surface area contributed by atoms with Gasteiger partial charge in [-0.1, -0.05) is 17.7 Å². The number of halogens is 1. The zero-order valence-corrected chi connectivity index (χ0v) is 17.4. The Hall–Kier alpha value is -3.45. The number of pyridine rings is 2. The maximum Gasteiger partial charge on any atom is 0.233 e. The highest BCUT2D eigenvalue weighted by Gasteiger charge is 2.55. The number of rotatable bonds is 5. The monoisotopic (exact) mass is 435 g/mol. The van der Waals surface area contributed by atoms with E-state index in [1.807, 2.05) is 6.92 Å². The van der Waals surface area contributed by atoms with Crippen molar-refractivity contribution < 1.29 is 9.13 Å². The molecule has 31 heavy (non-hydrogen) atoms. The highest BCUT2D eigenvalue weighted by atomic mass is 32.2. The summed E-state index contributed by atoms with van der Waals surface area (Å²) < 4.78 is 20.1. The fraction of sp³-hybridized carbons (Fsp3) is 0.286. The van der Waals surface area contributed by atoms with E-state index >= 15 is 0 Å². The Kier molecular flexibility index (Phi) is 4.63. The molecule has 3 N–H and O–H groups in total. The SMILES string of the molecule is C#CCOc1cnc2c(Nc3cnc(F)c([C@@]4(C)N=C(N)SC5CC54)c3)nccc2n1. The van der Waals surface area contributed by atoms with Gasteiger partial charge in [0.2, 0.25) is 11.8 Å². The molecule has 1 saturated carbocycles. The molecule has 0 amide bonds. The van der Waals surface area contributed by atoms with E-state index in [1.54, 1.807) is 30.1 Å². The fourth-order valence-corrected chi connectivity index (χ4v) is 5.15. The van der Waals surface area contributed by atoms with Crippen LogP contribution in [0.25, 0.3) is 11.0 Å². The summed E-state index contributed by atoms with van der Waals surface area (Å²) in [7, 11) is 0. The minimum atomic E-state index is -0.746. The lowest BCUT2D eigenvalue weighted by molar-refractivity contribution is 0.355. The second kappa shape index (κ2) is 7.35. The summed E-state index contributed by atoms with van der Waals surface area (Å²) in [5, 5.41) is 4.03. The van der Waals surface area contributed by atoms with Crippen molar-refractivity contribution in [1.82, 2.24) is 19.9 Å². The van der Waals surface area contributed by atoms with Crippen molar-refractivity contribution in [3.05, 3.63) is 42.2 Å². The zero-order chi connectivity index (χ0) is 21.6. The number of hydrogen-bond donors (Lipinski definition) is 2. The third-order valence-corrected chi connectivity index (χ3v) is 6.61. The highest BCUT2D eigenvalue weighted by Crippen LogP contribution is 2.57. The number of nitrogens with one attached hydrogen (secondary N) is 1. The van der Waals surface area contributed by atoms with Crippen molar-refractivity contribution in [2.24, 2.45) is 16.6 Å². The first kappa shape index (κ1) is 19.5. The lowest BCUT2D eigenvalue weighted by Crippen LogP contribution is -2.32. The topological polar surface area (TPSA) is 111 Å². The molecular formula is C21H18FN7OS. The fourth-order valence-electron chi connectivity index (χ4n) is 3.86. The number of ether oxygens (including phenoxy) is 1. The maximum absolute atomic E-state index is 14.7. The van der Waals surface area contributed by atoms with Crippen molar-refractivity contribution in [2.45, 2.75) is 24.1 Å². The molecule has 4 heterocycles. The van der Waals surface area contributed by atoms with Crippen LogP contribution in [-0.2, 0) is 5.54 Å². The Bertz CT molecular complexity index is 1260. The predicted octanol–water partition coefficient (Wildman–Crippen LogP) is 2.98. The van der Waals surface area contributed by atoms with E-state index in [-0.39, 0.29) is 12.5 Å². The molecule has 156 valence electrons. The first-order valence-electron chi connectivity index (χ1n) is 9.61. The van der Waals surface area contributed by atoms with Gasteiger partial charge < -0.3 is 15.8 Å². The number of amidine groups is 1. The summed E-state index contributed by atoms with van der Waals surface area (Å²) in [5.41, 5.74) is 7.33. The van der Waals surface area contributed by atoms with Crippen molar-refractivity contribution in [2.75, 3.05) is 11.9 Å². The highest BCUT2D eigenvalue weighted by molar-refractivity contribution is 8.14. The molecule has 3 aromatic heterocycles. The van der Waals surface area contributed by atoms with Crippen LogP contribution in [0.3, 0.4) is 0 Å². The summed E-state index contributed by atoms with van der Waals surface area (Å²) in [6, 6.07) is 3.43.